The van der Waals surface area contributed by atoms with Gasteiger partial charge in [-0.2, -0.15) is 0 Å². The van der Waals surface area contributed by atoms with Gasteiger partial charge in [-0.05, 0) is 66.4 Å². The van der Waals surface area contributed by atoms with Gasteiger partial charge in [0.2, 0.25) is 5.91 Å². The number of nitrogens with zero attached hydrogens (tertiary/aromatic N) is 1. The SMILES string of the molecule is COc1cccc(C(=O)N(Cc2cccc(F)c2)c2ccc(CC(=O)NC[C@@H]3CCCO3)cc2)c1. The van der Waals surface area contributed by atoms with Crippen molar-refractivity contribution in [3.8, 4) is 5.75 Å². The van der Waals surface area contributed by atoms with Gasteiger partial charge in [-0.15, -0.1) is 0 Å². The number of anilines is 1. The van der Waals surface area contributed by atoms with E-state index >= 15 is 0 Å². The van der Waals surface area contributed by atoms with Crippen LogP contribution in [0, 0.1) is 5.82 Å². The van der Waals surface area contributed by atoms with Crippen LogP contribution >= 0.6 is 0 Å². The third-order valence-electron chi connectivity index (χ3n) is 5.96. The normalized spacial score (nSPS) is 15.0. The van der Waals surface area contributed by atoms with E-state index in [1.54, 1.807) is 60.5 Å². The highest BCUT2D eigenvalue weighted by Crippen LogP contribution is 2.23. The Hall–Kier alpha value is -3.71. The summed E-state index contributed by atoms with van der Waals surface area (Å²) in [5, 5.41) is 2.92. The Kier molecular flexibility index (Phi) is 8.11. The minimum Gasteiger partial charge on any atom is -0.497 e. The summed E-state index contributed by atoms with van der Waals surface area (Å²) < 4.78 is 24.6. The van der Waals surface area contributed by atoms with Crippen molar-refractivity contribution in [2.24, 2.45) is 0 Å². The van der Waals surface area contributed by atoms with Crippen molar-refractivity contribution < 1.29 is 23.5 Å². The van der Waals surface area contributed by atoms with E-state index in [9.17, 15) is 14.0 Å². The molecular weight excluding hydrogens is 447 g/mol. The lowest BCUT2D eigenvalue weighted by atomic mass is 10.1. The minimum absolute atomic E-state index is 0.0719. The van der Waals surface area contributed by atoms with Crippen LogP contribution in [0.25, 0.3) is 0 Å². The van der Waals surface area contributed by atoms with Crippen LogP contribution < -0.4 is 15.0 Å². The van der Waals surface area contributed by atoms with Crippen LogP contribution in [-0.4, -0.2) is 38.2 Å². The monoisotopic (exact) mass is 476 g/mol. The van der Waals surface area contributed by atoms with E-state index in [0.29, 0.717) is 29.1 Å². The molecule has 35 heavy (non-hydrogen) atoms. The van der Waals surface area contributed by atoms with Crippen LogP contribution in [0.15, 0.2) is 72.8 Å². The molecule has 0 aliphatic carbocycles. The van der Waals surface area contributed by atoms with Crippen molar-refractivity contribution in [2.45, 2.75) is 31.9 Å². The smallest absolute Gasteiger partial charge is 0.258 e. The molecule has 1 aliphatic heterocycles. The first kappa shape index (κ1) is 24.4. The summed E-state index contributed by atoms with van der Waals surface area (Å²) in [6.07, 6.45) is 2.33. The Labute approximate surface area is 204 Å². The van der Waals surface area contributed by atoms with Crippen LogP contribution in [0.1, 0.15) is 34.3 Å². The van der Waals surface area contributed by atoms with Gasteiger partial charge in [-0.1, -0.05) is 30.3 Å². The second kappa shape index (κ2) is 11.6. The maximum Gasteiger partial charge on any atom is 0.258 e. The fourth-order valence-corrected chi connectivity index (χ4v) is 4.08. The lowest BCUT2D eigenvalue weighted by Gasteiger charge is -2.24. The molecule has 0 spiro atoms. The van der Waals surface area contributed by atoms with Crippen LogP contribution in [-0.2, 0) is 22.5 Å². The molecule has 2 amide bonds. The summed E-state index contributed by atoms with van der Waals surface area (Å²) in [5.41, 5.74) is 2.60. The zero-order chi connectivity index (χ0) is 24.6. The quantitative estimate of drug-likeness (QED) is 0.493. The number of rotatable bonds is 9. The number of amides is 2. The van der Waals surface area contributed by atoms with Crippen LogP contribution in [0.2, 0.25) is 0 Å². The molecule has 0 saturated carbocycles. The summed E-state index contributed by atoms with van der Waals surface area (Å²) in [5.74, 6) is -0.0981. The van der Waals surface area contributed by atoms with Gasteiger partial charge < -0.3 is 19.7 Å². The van der Waals surface area contributed by atoms with E-state index in [4.69, 9.17) is 9.47 Å². The summed E-state index contributed by atoms with van der Waals surface area (Å²) in [6.45, 7) is 1.46. The average Bonchev–Trinajstić information content (AvgIpc) is 3.40. The van der Waals surface area contributed by atoms with Crippen molar-refractivity contribution in [2.75, 3.05) is 25.2 Å². The summed E-state index contributed by atoms with van der Waals surface area (Å²) in [7, 11) is 1.55. The summed E-state index contributed by atoms with van der Waals surface area (Å²) >= 11 is 0. The molecule has 0 radical (unpaired) electrons. The van der Waals surface area contributed by atoms with Crippen molar-refractivity contribution in [3.05, 3.63) is 95.3 Å². The number of carbonyl (C=O) groups excluding carboxylic acids is 2. The van der Waals surface area contributed by atoms with Gasteiger partial charge in [-0.3, -0.25) is 9.59 Å². The molecule has 0 bridgehead atoms. The van der Waals surface area contributed by atoms with Gasteiger partial charge in [0.15, 0.2) is 0 Å². The maximum absolute atomic E-state index is 13.8. The van der Waals surface area contributed by atoms with E-state index in [1.807, 2.05) is 12.1 Å². The van der Waals surface area contributed by atoms with Crippen molar-refractivity contribution >= 4 is 17.5 Å². The van der Waals surface area contributed by atoms with Crippen LogP contribution in [0.5, 0.6) is 5.75 Å². The molecule has 3 aromatic carbocycles. The molecule has 4 rings (SSSR count). The molecule has 0 unspecified atom stereocenters. The van der Waals surface area contributed by atoms with E-state index in [2.05, 4.69) is 5.32 Å². The molecule has 6 nitrogen and oxygen atoms in total. The van der Waals surface area contributed by atoms with Crippen molar-refractivity contribution in [1.29, 1.82) is 0 Å². The average molecular weight is 477 g/mol. The topological polar surface area (TPSA) is 67.9 Å². The third-order valence-corrected chi connectivity index (χ3v) is 5.96. The highest BCUT2D eigenvalue weighted by molar-refractivity contribution is 6.06. The Bertz CT molecular complexity index is 1160. The molecule has 1 atom stereocenters. The number of carbonyl (C=O) groups is 2. The highest BCUT2D eigenvalue weighted by Gasteiger charge is 2.20. The fourth-order valence-electron chi connectivity index (χ4n) is 4.08. The first-order chi connectivity index (χ1) is 17.0. The van der Waals surface area contributed by atoms with Gasteiger partial charge in [0.05, 0.1) is 26.2 Å². The number of ether oxygens (including phenoxy) is 2. The molecule has 182 valence electrons. The Morgan fingerprint density at radius 2 is 1.86 bits per heavy atom. The van der Waals surface area contributed by atoms with Gasteiger partial charge >= 0.3 is 0 Å². The number of halogens is 1. The van der Waals surface area contributed by atoms with Gasteiger partial charge in [0.25, 0.3) is 5.91 Å². The molecule has 1 aliphatic rings. The lowest BCUT2D eigenvalue weighted by Crippen LogP contribution is -2.32. The van der Waals surface area contributed by atoms with E-state index in [1.165, 1.54) is 12.1 Å². The van der Waals surface area contributed by atoms with E-state index in [-0.39, 0.29) is 36.7 Å². The van der Waals surface area contributed by atoms with Crippen LogP contribution in [0.3, 0.4) is 0 Å². The van der Waals surface area contributed by atoms with Gasteiger partial charge in [0.1, 0.15) is 11.6 Å². The Balaban J connectivity index is 1.50. The Morgan fingerprint density at radius 3 is 2.57 bits per heavy atom. The second-order valence-corrected chi connectivity index (χ2v) is 8.54. The standard InChI is InChI=1S/C28H29FN2O4/c1-34-25-8-3-6-22(17-25)28(33)31(19-21-5-2-7-23(29)15-21)24-12-10-20(11-13-24)16-27(32)30-18-26-9-4-14-35-26/h2-3,5-8,10-13,15,17,26H,4,9,14,16,18-19H2,1H3,(H,30,32)/t26-/m0/s1. The number of methoxy groups -OCH3 is 1. The zero-order valence-electron chi connectivity index (χ0n) is 19.7. The lowest BCUT2D eigenvalue weighted by molar-refractivity contribution is -0.120. The largest absolute Gasteiger partial charge is 0.497 e. The first-order valence-electron chi connectivity index (χ1n) is 11.7. The van der Waals surface area contributed by atoms with Gasteiger partial charge in [-0.25, -0.2) is 4.39 Å². The van der Waals surface area contributed by atoms with Crippen molar-refractivity contribution in [3.63, 3.8) is 0 Å². The molecule has 7 heteroatoms. The molecular formula is C28H29FN2O4. The maximum atomic E-state index is 13.8. The summed E-state index contributed by atoms with van der Waals surface area (Å²) in [4.78, 5) is 27.4. The zero-order valence-corrected chi connectivity index (χ0v) is 19.7. The predicted molar refractivity (Wildman–Crippen MR) is 132 cm³/mol. The minimum atomic E-state index is -0.361. The summed E-state index contributed by atoms with van der Waals surface area (Å²) in [6, 6.07) is 20.4. The van der Waals surface area contributed by atoms with E-state index in [0.717, 1.165) is 25.0 Å². The van der Waals surface area contributed by atoms with Crippen molar-refractivity contribution in [1.82, 2.24) is 5.32 Å². The molecule has 0 aromatic heterocycles. The number of benzene rings is 3. The Morgan fingerprint density at radius 1 is 1.06 bits per heavy atom. The second-order valence-electron chi connectivity index (χ2n) is 8.54. The molecule has 3 aromatic rings. The van der Waals surface area contributed by atoms with E-state index < -0.39 is 0 Å². The van der Waals surface area contributed by atoms with Crippen LogP contribution in [0.4, 0.5) is 10.1 Å². The molecule has 1 N–H and O–H groups in total. The number of nitrogens with one attached hydrogen (secondary N) is 1. The fraction of sp³-hybridized carbons (Fsp3) is 0.286. The highest BCUT2D eigenvalue weighted by atomic mass is 19.1. The van der Waals surface area contributed by atoms with Gasteiger partial charge in [0, 0.05) is 24.4 Å². The third kappa shape index (κ3) is 6.67. The molecule has 1 fully saturated rings. The first-order valence-corrected chi connectivity index (χ1v) is 11.7. The predicted octanol–water partition coefficient (Wildman–Crippen LogP) is 4.52. The molecule has 1 saturated heterocycles. The number of hydrogen-bond acceptors (Lipinski definition) is 4. The number of hydrogen-bond donors (Lipinski definition) is 1. The molecule has 1 heterocycles.